The van der Waals surface area contributed by atoms with E-state index in [0.29, 0.717) is 6.10 Å². The zero-order valence-corrected chi connectivity index (χ0v) is 11.3. The Balaban J connectivity index is 2.35. The Hall–Kier alpha value is -0.120. The second-order valence-corrected chi connectivity index (χ2v) is 5.70. The summed E-state index contributed by atoms with van der Waals surface area (Å²) in [4.78, 5) is 2.55. The van der Waals surface area contributed by atoms with Gasteiger partial charge in [-0.3, -0.25) is 0 Å². The van der Waals surface area contributed by atoms with Gasteiger partial charge in [0.2, 0.25) is 0 Å². The second-order valence-electron chi connectivity index (χ2n) is 5.70. The summed E-state index contributed by atoms with van der Waals surface area (Å²) in [5.41, 5.74) is 0. The molecule has 0 bridgehead atoms. The van der Waals surface area contributed by atoms with Gasteiger partial charge in [0.05, 0.1) is 12.7 Å². The number of morpholine rings is 1. The molecule has 1 heterocycles. The van der Waals surface area contributed by atoms with E-state index in [2.05, 4.69) is 37.9 Å². The number of hydrogen-bond donors (Lipinski definition) is 1. The van der Waals surface area contributed by atoms with Crippen LogP contribution in [0.1, 0.15) is 27.7 Å². The smallest absolute Gasteiger partial charge is 0.0826 e. The van der Waals surface area contributed by atoms with Crippen molar-refractivity contribution in [2.45, 2.75) is 33.8 Å². The predicted molar refractivity (Wildman–Crippen MR) is 68.7 cm³/mol. The Bertz CT molecular complexity index is 167. The van der Waals surface area contributed by atoms with Gasteiger partial charge in [-0.1, -0.05) is 27.7 Å². The summed E-state index contributed by atoms with van der Waals surface area (Å²) in [7, 11) is 0. The first kappa shape index (κ1) is 13.9. The van der Waals surface area contributed by atoms with Gasteiger partial charge < -0.3 is 15.0 Å². The quantitative estimate of drug-likeness (QED) is 0.747. The third kappa shape index (κ3) is 5.83. The molecule has 0 aromatic rings. The zero-order valence-electron chi connectivity index (χ0n) is 11.3. The van der Waals surface area contributed by atoms with Crippen LogP contribution < -0.4 is 5.32 Å². The van der Waals surface area contributed by atoms with Crippen LogP contribution in [0.2, 0.25) is 0 Å². The van der Waals surface area contributed by atoms with Crippen LogP contribution in [-0.2, 0) is 4.74 Å². The summed E-state index contributed by atoms with van der Waals surface area (Å²) in [6, 6.07) is 0. The Morgan fingerprint density at radius 3 is 2.25 bits per heavy atom. The lowest BCUT2D eigenvalue weighted by Crippen LogP contribution is -2.46. The molecular weight excluding hydrogens is 200 g/mol. The molecule has 1 saturated heterocycles. The van der Waals surface area contributed by atoms with E-state index in [9.17, 15) is 0 Å². The molecular formula is C13H28N2O. The number of nitrogens with one attached hydrogen (secondary N) is 1. The van der Waals surface area contributed by atoms with Crippen LogP contribution in [0.3, 0.4) is 0 Å². The first-order valence-corrected chi connectivity index (χ1v) is 6.62. The van der Waals surface area contributed by atoms with Crippen molar-refractivity contribution in [1.29, 1.82) is 0 Å². The summed E-state index contributed by atoms with van der Waals surface area (Å²) >= 11 is 0. The molecule has 3 nitrogen and oxygen atoms in total. The topological polar surface area (TPSA) is 24.5 Å². The summed E-state index contributed by atoms with van der Waals surface area (Å²) in [6.07, 6.45) is 0.381. The van der Waals surface area contributed by atoms with Crippen molar-refractivity contribution < 1.29 is 4.74 Å². The molecule has 0 amide bonds. The van der Waals surface area contributed by atoms with E-state index >= 15 is 0 Å². The maximum Gasteiger partial charge on any atom is 0.0826 e. The van der Waals surface area contributed by atoms with Crippen LogP contribution >= 0.6 is 0 Å². The van der Waals surface area contributed by atoms with Crippen molar-refractivity contribution in [3.8, 4) is 0 Å². The lowest BCUT2D eigenvalue weighted by atomic mass is 10.1. The molecule has 0 aromatic carbocycles. The third-order valence-electron chi connectivity index (χ3n) is 2.71. The number of ether oxygens (including phenoxy) is 1. The van der Waals surface area contributed by atoms with E-state index in [-0.39, 0.29) is 0 Å². The molecule has 1 atom stereocenters. The Kier molecular flexibility index (Phi) is 6.32. The molecule has 0 saturated carbocycles. The summed E-state index contributed by atoms with van der Waals surface area (Å²) in [6.45, 7) is 15.4. The Labute approximate surface area is 101 Å². The maximum atomic E-state index is 5.77. The first-order chi connectivity index (χ1) is 7.58. The van der Waals surface area contributed by atoms with E-state index in [1.165, 1.54) is 13.1 Å². The van der Waals surface area contributed by atoms with Crippen LogP contribution in [-0.4, -0.2) is 50.3 Å². The highest BCUT2D eigenvalue weighted by Crippen LogP contribution is 2.07. The molecule has 1 aliphatic heterocycles. The van der Waals surface area contributed by atoms with Crippen LogP contribution in [0, 0.1) is 11.8 Å². The number of rotatable bonds is 6. The predicted octanol–water partition coefficient (Wildman–Crippen LogP) is 1.59. The fraction of sp³-hybridized carbons (Fsp3) is 1.00. The van der Waals surface area contributed by atoms with Gasteiger partial charge in [0.15, 0.2) is 0 Å². The number of hydrogen-bond acceptors (Lipinski definition) is 3. The Morgan fingerprint density at radius 2 is 1.81 bits per heavy atom. The lowest BCUT2D eigenvalue weighted by Gasteiger charge is -2.32. The van der Waals surface area contributed by atoms with Gasteiger partial charge >= 0.3 is 0 Å². The normalized spacial score (nSPS) is 22.3. The average Bonchev–Trinajstić information content (AvgIpc) is 2.16. The van der Waals surface area contributed by atoms with E-state index in [0.717, 1.165) is 38.1 Å². The fourth-order valence-electron chi connectivity index (χ4n) is 2.28. The second kappa shape index (κ2) is 7.25. The molecule has 96 valence electrons. The van der Waals surface area contributed by atoms with Crippen molar-refractivity contribution in [3.05, 3.63) is 0 Å². The molecule has 3 heteroatoms. The van der Waals surface area contributed by atoms with Crippen LogP contribution in [0.4, 0.5) is 0 Å². The Morgan fingerprint density at radius 1 is 1.19 bits per heavy atom. The van der Waals surface area contributed by atoms with Gasteiger partial charge in [0.1, 0.15) is 0 Å². The van der Waals surface area contributed by atoms with Crippen molar-refractivity contribution >= 4 is 0 Å². The van der Waals surface area contributed by atoms with Gasteiger partial charge in [-0.25, -0.2) is 0 Å². The van der Waals surface area contributed by atoms with E-state index in [1.807, 2.05) is 0 Å². The molecule has 1 fully saturated rings. The molecule has 0 radical (unpaired) electrons. The minimum atomic E-state index is 0.381. The van der Waals surface area contributed by atoms with Crippen LogP contribution in [0.5, 0.6) is 0 Å². The molecule has 0 spiro atoms. The highest BCUT2D eigenvalue weighted by atomic mass is 16.5. The first-order valence-electron chi connectivity index (χ1n) is 6.62. The van der Waals surface area contributed by atoms with Gasteiger partial charge in [-0.2, -0.15) is 0 Å². The van der Waals surface area contributed by atoms with Crippen molar-refractivity contribution in [2.24, 2.45) is 11.8 Å². The third-order valence-corrected chi connectivity index (χ3v) is 2.71. The van der Waals surface area contributed by atoms with Gasteiger partial charge in [-0.05, 0) is 11.8 Å². The highest BCUT2D eigenvalue weighted by molar-refractivity contribution is 4.73. The zero-order chi connectivity index (χ0) is 12.0. The highest BCUT2D eigenvalue weighted by Gasteiger charge is 2.18. The molecule has 16 heavy (non-hydrogen) atoms. The van der Waals surface area contributed by atoms with Crippen molar-refractivity contribution in [1.82, 2.24) is 10.2 Å². The molecule has 1 unspecified atom stereocenters. The van der Waals surface area contributed by atoms with E-state index in [1.54, 1.807) is 0 Å². The monoisotopic (exact) mass is 228 g/mol. The molecule has 1 N–H and O–H groups in total. The van der Waals surface area contributed by atoms with Crippen molar-refractivity contribution in [3.63, 3.8) is 0 Å². The largest absolute Gasteiger partial charge is 0.374 e. The van der Waals surface area contributed by atoms with E-state index < -0.39 is 0 Å². The standard InChI is InChI=1S/C13H28N2O/c1-11(2)8-15(9-12(3)4)10-13-7-14-5-6-16-13/h11-14H,5-10H2,1-4H3. The summed E-state index contributed by atoms with van der Waals surface area (Å²) in [5.74, 6) is 1.46. The van der Waals surface area contributed by atoms with Crippen molar-refractivity contribution in [2.75, 3.05) is 39.3 Å². The molecule has 1 rings (SSSR count). The van der Waals surface area contributed by atoms with Crippen LogP contribution in [0.25, 0.3) is 0 Å². The molecule has 0 aliphatic carbocycles. The van der Waals surface area contributed by atoms with Crippen LogP contribution in [0.15, 0.2) is 0 Å². The average molecular weight is 228 g/mol. The van der Waals surface area contributed by atoms with E-state index in [4.69, 9.17) is 4.74 Å². The maximum absolute atomic E-state index is 5.77. The molecule has 1 aliphatic rings. The minimum absolute atomic E-state index is 0.381. The fourth-order valence-corrected chi connectivity index (χ4v) is 2.28. The number of nitrogens with zero attached hydrogens (tertiary/aromatic N) is 1. The summed E-state index contributed by atoms with van der Waals surface area (Å²) in [5, 5.41) is 3.40. The van der Waals surface area contributed by atoms with Gasteiger partial charge in [0.25, 0.3) is 0 Å². The SMILES string of the molecule is CC(C)CN(CC(C)C)CC1CNCCO1. The molecule has 0 aromatic heterocycles. The summed E-state index contributed by atoms with van der Waals surface area (Å²) < 4.78 is 5.77. The lowest BCUT2D eigenvalue weighted by molar-refractivity contribution is 0.00155. The van der Waals surface area contributed by atoms with Gasteiger partial charge in [0, 0.05) is 32.7 Å². The minimum Gasteiger partial charge on any atom is -0.374 e. The van der Waals surface area contributed by atoms with Gasteiger partial charge in [-0.15, -0.1) is 0 Å².